The number of benzene rings is 3. The van der Waals surface area contributed by atoms with Gasteiger partial charge in [-0.25, -0.2) is 4.39 Å². The van der Waals surface area contributed by atoms with Crippen LogP contribution in [0.1, 0.15) is 34.9 Å². The number of hydrogen-bond acceptors (Lipinski definition) is 6. The third kappa shape index (κ3) is 5.58. The third-order valence-corrected chi connectivity index (χ3v) is 5.86. The first-order valence-corrected chi connectivity index (χ1v) is 11.8. The molecule has 3 aromatic carbocycles. The van der Waals surface area contributed by atoms with Gasteiger partial charge in [-0.3, -0.25) is 4.79 Å². The highest BCUT2D eigenvalue weighted by Crippen LogP contribution is 2.35. The molecule has 0 aliphatic heterocycles. The number of carbonyl (C=O) groups is 1. The Bertz CT molecular complexity index is 1380. The van der Waals surface area contributed by atoms with Gasteiger partial charge in [0.2, 0.25) is 0 Å². The van der Waals surface area contributed by atoms with E-state index < -0.39 is 0 Å². The van der Waals surface area contributed by atoms with Gasteiger partial charge in [0.05, 0.1) is 13.0 Å². The summed E-state index contributed by atoms with van der Waals surface area (Å²) < 4.78 is 37.8. The maximum Gasteiger partial charge on any atom is 0.310 e. The fourth-order valence-corrected chi connectivity index (χ4v) is 4.18. The van der Waals surface area contributed by atoms with Crippen LogP contribution >= 0.6 is 0 Å². The van der Waals surface area contributed by atoms with E-state index in [-0.39, 0.29) is 31.4 Å². The van der Waals surface area contributed by atoms with Crippen LogP contribution < -0.4 is 10.5 Å². The number of ether oxygens (including phenoxy) is 3. The zero-order valence-electron chi connectivity index (χ0n) is 20.7. The first-order valence-electron chi connectivity index (χ1n) is 11.8. The van der Waals surface area contributed by atoms with E-state index in [0.29, 0.717) is 47.0 Å². The van der Waals surface area contributed by atoms with E-state index in [0.717, 1.165) is 22.1 Å². The monoisotopic (exact) mass is 491 g/mol. The molecule has 4 rings (SSSR count). The molecule has 2 N–H and O–H groups in total. The quantitative estimate of drug-likeness (QED) is 0.281. The summed E-state index contributed by atoms with van der Waals surface area (Å²) in [7, 11) is 1.59. The first-order chi connectivity index (χ1) is 17.4. The molecule has 0 bridgehead atoms. The van der Waals surface area contributed by atoms with Crippen molar-refractivity contribution in [3.63, 3.8) is 0 Å². The van der Waals surface area contributed by atoms with Crippen molar-refractivity contribution in [1.29, 1.82) is 0 Å². The van der Waals surface area contributed by atoms with E-state index in [1.165, 1.54) is 0 Å². The summed E-state index contributed by atoms with van der Waals surface area (Å²) in [5.74, 6) is 0.555. The number of esters is 1. The maximum absolute atomic E-state index is 15.3. The van der Waals surface area contributed by atoms with Crippen LogP contribution in [0.25, 0.3) is 22.1 Å². The van der Waals surface area contributed by atoms with Gasteiger partial charge in [0.25, 0.3) is 0 Å². The third-order valence-electron chi connectivity index (χ3n) is 5.86. The molecule has 0 atom stereocenters. The fraction of sp³-hybridized carbons (Fsp3) is 0.276. The molecule has 36 heavy (non-hydrogen) atoms. The molecule has 0 aliphatic carbocycles. The van der Waals surface area contributed by atoms with Crippen LogP contribution in [-0.4, -0.2) is 19.7 Å². The fourth-order valence-electron chi connectivity index (χ4n) is 4.18. The van der Waals surface area contributed by atoms with E-state index in [1.807, 2.05) is 43.3 Å². The second-order valence-electron chi connectivity index (χ2n) is 8.57. The summed E-state index contributed by atoms with van der Waals surface area (Å²) in [6.07, 6.45) is 0.118. The molecule has 1 heterocycles. The van der Waals surface area contributed by atoms with Gasteiger partial charge >= 0.3 is 5.97 Å². The average molecular weight is 492 g/mol. The molecule has 6 nitrogen and oxygen atoms in total. The minimum absolute atomic E-state index is 0.0926. The van der Waals surface area contributed by atoms with E-state index in [9.17, 15) is 4.79 Å². The van der Waals surface area contributed by atoms with Crippen molar-refractivity contribution >= 4 is 16.9 Å². The molecule has 0 fully saturated rings. The van der Waals surface area contributed by atoms with E-state index >= 15 is 4.39 Å². The summed E-state index contributed by atoms with van der Waals surface area (Å²) in [5, 5.41) is 0.812. The molecule has 0 saturated carbocycles. The number of hydrogen-bond donors (Lipinski definition) is 1. The Morgan fingerprint density at radius 3 is 2.61 bits per heavy atom. The summed E-state index contributed by atoms with van der Waals surface area (Å²) in [5.41, 5.74) is 10.3. The number of methoxy groups -OCH3 is 1. The Labute approximate surface area is 209 Å². The molecule has 0 aliphatic rings. The highest BCUT2D eigenvalue weighted by molar-refractivity contribution is 5.94. The van der Waals surface area contributed by atoms with Gasteiger partial charge in [-0.05, 0) is 49.2 Å². The first kappa shape index (κ1) is 25.4. The lowest BCUT2D eigenvalue weighted by atomic mass is 9.98. The SMILES string of the molecule is CCOC(=O)Cc1ccc(C)cc1OCc1cc(-c2cccc(CN)c2F)c2oc(COC)cc2c1. The zero-order valence-corrected chi connectivity index (χ0v) is 20.7. The lowest BCUT2D eigenvalue weighted by molar-refractivity contribution is -0.142. The highest BCUT2D eigenvalue weighted by Gasteiger charge is 2.18. The van der Waals surface area contributed by atoms with Gasteiger partial charge < -0.3 is 24.4 Å². The lowest BCUT2D eigenvalue weighted by Gasteiger charge is -2.14. The van der Waals surface area contributed by atoms with Crippen LogP contribution in [-0.2, 0) is 40.4 Å². The van der Waals surface area contributed by atoms with Crippen LogP contribution in [0.4, 0.5) is 4.39 Å². The Balaban J connectivity index is 1.72. The number of aryl methyl sites for hydroxylation is 1. The van der Waals surface area contributed by atoms with Gasteiger partial charge in [-0.1, -0.05) is 30.3 Å². The van der Waals surface area contributed by atoms with Gasteiger partial charge in [-0.2, -0.15) is 0 Å². The highest BCUT2D eigenvalue weighted by atomic mass is 19.1. The maximum atomic E-state index is 15.3. The summed E-state index contributed by atoms with van der Waals surface area (Å²) in [4.78, 5) is 12.1. The van der Waals surface area contributed by atoms with Crippen molar-refractivity contribution in [3.05, 3.63) is 88.4 Å². The summed E-state index contributed by atoms with van der Waals surface area (Å²) >= 11 is 0. The van der Waals surface area contributed by atoms with Crippen molar-refractivity contribution in [1.82, 2.24) is 0 Å². The zero-order chi connectivity index (χ0) is 25.7. The largest absolute Gasteiger partial charge is 0.489 e. The van der Waals surface area contributed by atoms with E-state index in [2.05, 4.69) is 0 Å². The van der Waals surface area contributed by atoms with Crippen molar-refractivity contribution in [2.75, 3.05) is 13.7 Å². The molecule has 0 spiro atoms. The summed E-state index contributed by atoms with van der Waals surface area (Å²) in [6.45, 7) is 4.66. The molecule has 7 heteroatoms. The number of carbonyl (C=O) groups excluding carboxylic acids is 1. The molecule has 0 amide bonds. The minimum atomic E-state index is -0.375. The van der Waals surface area contributed by atoms with Gasteiger partial charge in [0, 0.05) is 41.3 Å². The Morgan fingerprint density at radius 1 is 1.03 bits per heavy atom. The smallest absolute Gasteiger partial charge is 0.310 e. The number of halogens is 1. The van der Waals surface area contributed by atoms with Gasteiger partial charge in [0.1, 0.15) is 36.1 Å². The molecule has 0 saturated heterocycles. The molecular weight excluding hydrogens is 461 g/mol. The van der Waals surface area contributed by atoms with Crippen LogP contribution in [0.5, 0.6) is 5.75 Å². The molecular formula is C29H30FNO5. The normalized spacial score (nSPS) is 11.1. The Hall–Kier alpha value is -3.68. The minimum Gasteiger partial charge on any atom is -0.489 e. The van der Waals surface area contributed by atoms with Crippen LogP contribution in [0.3, 0.4) is 0 Å². The summed E-state index contributed by atoms with van der Waals surface area (Å²) in [6, 6.07) is 16.6. The van der Waals surface area contributed by atoms with Gasteiger partial charge in [-0.15, -0.1) is 0 Å². The number of fused-ring (bicyclic) bond motifs is 1. The average Bonchev–Trinajstić information content (AvgIpc) is 3.27. The van der Waals surface area contributed by atoms with Crippen LogP contribution in [0.2, 0.25) is 0 Å². The standard InChI is InChI=1S/C29H30FNO5/c1-4-34-27(32)14-20-9-8-18(2)10-26(20)35-16-19-11-22-13-23(17-33-3)36-29(22)25(12-19)24-7-5-6-21(15-31)28(24)30/h5-13H,4,14-17,31H2,1-3H3. The molecule has 188 valence electrons. The van der Waals surface area contributed by atoms with Crippen molar-refractivity contribution in [2.45, 2.75) is 40.0 Å². The Kier molecular flexibility index (Phi) is 8.03. The Morgan fingerprint density at radius 2 is 1.86 bits per heavy atom. The lowest BCUT2D eigenvalue weighted by Crippen LogP contribution is -2.09. The molecule has 0 unspecified atom stereocenters. The van der Waals surface area contributed by atoms with Crippen molar-refractivity contribution < 1.29 is 27.8 Å². The molecule has 0 radical (unpaired) electrons. The number of furan rings is 1. The molecule has 1 aromatic heterocycles. The second kappa shape index (κ2) is 11.4. The van der Waals surface area contributed by atoms with Crippen LogP contribution in [0, 0.1) is 12.7 Å². The van der Waals surface area contributed by atoms with E-state index in [1.54, 1.807) is 32.2 Å². The predicted octanol–water partition coefficient (Wildman–Crippen LogP) is 5.84. The molecule has 4 aromatic rings. The van der Waals surface area contributed by atoms with Gasteiger partial charge in [0.15, 0.2) is 0 Å². The topological polar surface area (TPSA) is 83.9 Å². The number of nitrogens with two attached hydrogens (primary N) is 1. The predicted molar refractivity (Wildman–Crippen MR) is 136 cm³/mol. The van der Waals surface area contributed by atoms with Crippen LogP contribution in [0.15, 0.2) is 59.0 Å². The van der Waals surface area contributed by atoms with Crippen molar-refractivity contribution in [3.8, 4) is 16.9 Å². The second-order valence-corrected chi connectivity index (χ2v) is 8.57. The number of rotatable bonds is 10. The van der Waals surface area contributed by atoms with Crippen molar-refractivity contribution in [2.24, 2.45) is 5.73 Å². The van der Waals surface area contributed by atoms with E-state index in [4.69, 9.17) is 24.4 Å².